The molecule has 0 saturated carbocycles. The second kappa shape index (κ2) is 6.14. The number of hydrogen-bond donors (Lipinski definition) is 0. The molecule has 0 aliphatic rings. The number of rotatable bonds is 2. The third kappa shape index (κ3) is 2.51. The van der Waals surface area contributed by atoms with Crippen LogP contribution in [0.4, 0.5) is 4.79 Å². The van der Waals surface area contributed by atoms with Gasteiger partial charge in [0.2, 0.25) is 6.10 Å². The van der Waals surface area contributed by atoms with Gasteiger partial charge in [0, 0.05) is 12.6 Å². The topological polar surface area (TPSA) is 94.1 Å². The maximum Gasteiger partial charge on any atom is 0.425 e. The molecule has 3 aromatic rings. The monoisotopic (exact) mass is 341 g/mol. The Hall–Kier alpha value is -3.18. The van der Waals surface area contributed by atoms with Gasteiger partial charge in [0.1, 0.15) is 10.9 Å². The molecule has 24 heavy (non-hydrogen) atoms. The lowest BCUT2D eigenvalue weighted by Crippen LogP contribution is -2.40. The molecule has 0 radical (unpaired) electrons. The quantitative estimate of drug-likeness (QED) is 0.711. The van der Waals surface area contributed by atoms with Gasteiger partial charge < -0.3 is 4.74 Å². The highest BCUT2D eigenvalue weighted by Gasteiger charge is 2.22. The summed E-state index contributed by atoms with van der Waals surface area (Å²) in [7, 11) is 1.28. The number of ether oxygens (including phenoxy) is 1. The van der Waals surface area contributed by atoms with Crippen LogP contribution in [0.2, 0.25) is 0 Å². The molecule has 0 aliphatic carbocycles. The van der Waals surface area contributed by atoms with E-state index in [1.54, 1.807) is 35.7 Å². The minimum atomic E-state index is -1.15. The lowest BCUT2D eigenvalue weighted by atomic mass is 10.1. The van der Waals surface area contributed by atoms with Gasteiger partial charge in [-0.1, -0.05) is 30.3 Å². The van der Waals surface area contributed by atoms with Crippen LogP contribution < -0.4 is 11.2 Å². The van der Waals surface area contributed by atoms with E-state index in [0.29, 0.717) is 5.56 Å². The molecular weight excluding hydrogens is 330 g/mol. The summed E-state index contributed by atoms with van der Waals surface area (Å²) in [6.07, 6.45) is -2.16. The molecule has 8 heteroatoms. The normalized spacial score (nSPS) is 11.8. The van der Waals surface area contributed by atoms with E-state index in [1.807, 2.05) is 6.07 Å². The number of fused-ring (bicyclic) bond motifs is 1. The Morgan fingerprint density at radius 1 is 1.25 bits per heavy atom. The van der Waals surface area contributed by atoms with Crippen molar-refractivity contribution in [1.82, 2.24) is 9.13 Å². The Morgan fingerprint density at radius 3 is 2.62 bits per heavy atom. The number of carbonyl (C=O) groups is 1. The van der Waals surface area contributed by atoms with E-state index in [9.17, 15) is 19.6 Å². The second-order valence-electron chi connectivity index (χ2n) is 4.93. The molecule has 120 valence electrons. The number of carbonyl (C=O) groups excluding carboxylic acids is 1. The van der Waals surface area contributed by atoms with Gasteiger partial charge in [0.25, 0.3) is 5.56 Å². The summed E-state index contributed by atoms with van der Waals surface area (Å²) in [5.74, 6) is 0. The Labute approximate surface area is 139 Å². The Bertz CT molecular complexity index is 1070. The number of nitrogens with zero attached hydrogens (tertiary/aromatic N) is 3. The molecule has 0 fully saturated rings. The first-order valence-electron chi connectivity index (χ1n) is 6.89. The summed E-state index contributed by atoms with van der Waals surface area (Å²) >= 11 is 1.08. The highest BCUT2D eigenvalue weighted by Crippen LogP contribution is 2.19. The van der Waals surface area contributed by atoms with Crippen molar-refractivity contribution in [2.75, 3.05) is 0 Å². The number of nitriles is 1. The van der Waals surface area contributed by atoms with E-state index in [1.165, 1.54) is 13.1 Å². The summed E-state index contributed by atoms with van der Waals surface area (Å²) in [5.41, 5.74) is -0.807. The molecule has 1 atom stereocenters. The third-order valence-electron chi connectivity index (χ3n) is 3.48. The van der Waals surface area contributed by atoms with Gasteiger partial charge in [-0.05, 0) is 11.4 Å². The van der Waals surface area contributed by atoms with E-state index in [2.05, 4.69) is 0 Å². The first-order valence-corrected chi connectivity index (χ1v) is 7.77. The van der Waals surface area contributed by atoms with Crippen LogP contribution in [-0.4, -0.2) is 15.2 Å². The highest BCUT2D eigenvalue weighted by molar-refractivity contribution is 7.16. The molecular formula is C16H11N3O4S. The molecule has 1 unspecified atom stereocenters. The fraction of sp³-hybridized carbons (Fsp3) is 0.125. The van der Waals surface area contributed by atoms with E-state index >= 15 is 0 Å². The summed E-state index contributed by atoms with van der Waals surface area (Å²) in [6.45, 7) is 0. The highest BCUT2D eigenvalue weighted by atomic mass is 32.1. The van der Waals surface area contributed by atoms with Crippen molar-refractivity contribution in [1.29, 1.82) is 5.26 Å². The fourth-order valence-electron chi connectivity index (χ4n) is 2.25. The first kappa shape index (κ1) is 15.7. The Morgan fingerprint density at radius 2 is 1.96 bits per heavy atom. The van der Waals surface area contributed by atoms with Crippen molar-refractivity contribution < 1.29 is 9.53 Å². The summed E-state index contributed by atoms with van der Waals surface area (Å²) in [4.78, 5) is 37.0. The average Bonchev–Trinajstić information content (AvgIpc) is 3.08. The van der Waals surface area contributed by atoms with Crippen LogP contribution in [0.15, 0.2) is 51.4 Å². The van der Waals surface area contributed by atoms with Gasteiger partial charge >= 0.3 is 11.8 Å². The van der Waals surface area contributed by atoms with Crippen molar-refractivity contribution in [2.45, 2.75) is 6.10 Å². The molecule has 0 saturated heterocycles. The van der Waals surface area contributed by atoms with Crippen LogP contribution in [0.25, 0.3) is 10.2 Å². The minimum Gasteiger partial charge on any atom is -0.425 e. The van der Waals surface area contributed by atoms with Crippen molar-refractivity contribution in [3.63, 3.8) is 0 Å². The second-order valence-corrected chi connectivity index (χ2v) is 5.82. The summed E-state index contributed by atoms with van der Waals surface area (Å²) in [6, 6.07) is 11.9. The minimum absolute atomic E-state index is 0.192. The number of hydrogen-bond acceptors (Lipinski definition) is 6. The van der Waals surface area contributed by atoms with Crippen LogP contribution in [0.1, 0.15) is 11.7 Å². The average molecular weight is 341 g/mol. The van der Waals surface area contributed by atoms with E-state index < -0.39 is 23.4 Å². The fourth-order valence-corrected chi connectivity index (χ4v) is 3.13. The van der Waals surface area contributed by atoms with Gasteiger partial charge in [-0.15, -0.1) is 11.3 Å². The maximum atomic E-state index is 12.5. The molecule has 0 N–H and O–H groups in total. The van der Waals surface area contributed by atoms with Crippen molar-refractivity contribution in [3.8, 4) is 6.07 Å². The van der Waals surface area contributed by atoms with Gasteiger partial charge in [-0.2, -0.15) is 9.83 Å². The van der Waals surface area contributed by atoms with Crippen LogP contribution in [0.3, 0.4) is 0 Å². The summed E-state index contributed by atoms with van der Waals surface area (Å²) in [5, 5.41) is 11.1. The van der Waals surface area contributed by atoms with Crippen molar-refractivity contribution in [2.24, 2.45) is 7.05 Å². The number of benzene rings is 1. The Balaban J connectivity index is 2.07. The van der Waals surface area contributed by atoms with Crippen LogP contribution in [0, 0.1) is 11.3 Å². The molecule has 2 aromatic heterocycles. The first-order chi connectivity index (χ1) is 11.5. The zero-order valence-electron chi connectivity index (χ0n) is 12.5. The van der Waals surface area contributed by atoms with Crippen LogP contribution in [-0.2, 0) is 11.8 Å². The molecule has 2 heterocycles. The Kier molecular flexibility index (Phi) is 4.02. The molecule has 0 aliphatic heterocycles. The van der Waals surface area contributed by atoms with E-state index in [4.69, 9.17) is 4.74 Å². The van der Waals surface area contributed by atoms with Gasteiger partial charge in [0.15, 0.2) is 0 Å². The zero-order chi connectivity index (χ0) is 17.3. The molecule has 1 aromatic carbocycles. The lowest BCUT2D eigenvalue weighted by Gasteiger charge is -2.13. The predicted molar refractivity (Wildman–Crippen MR) is 88.0 cm³/mol. The molecule has 0 bridgehead atoms. The van der Waals surface area contributed by atoms with Gasteiger partial charge in [-0.3, -0.25) is 9.36 Å². The zero-order valence-corrected chi connectivity index (χ0v) is 13.3. The van der Waals surface area contributed by atoms with Gasteiger partial charge in [0.05, 0.1) is 5.39 Å². The summed E-state index contributed by atoms with van der Waals surface area (Å²) < 4.78 is 6.79. The smallest absolute Gasteiger partial charge is 0.425 e. The van der Waals surface area contributed by atoms with E-state index in [0.717, 1.165) is 20.5 Å². The number of aromatic nitrogens is 2. The van der Waals surface area contributed by atoms with E-state index in [-0.39, 0.29) is 10.2 Å². The number of thiophene rings is 1. The molecule has 3 rings (SSSR count). The third-order valence-corrected chi connectivity index (χ3v) is 4.38. The maximum absolute atomic E-state index is 12.5. The SMILES string of the molecule is Cn1c(=O)c2ccsc2n(C(=O)OC(C#N)c2ccccc2)c1=O. The van der Waals surface area contributed by atoms with Crippen molar-refractivity contribution >= 4 is 27.6 Å². The standard InChI is InChI=1S/C16H11N3O4S/c1-18-13(20)11-7-8-24-14(11)19(15(18)21)16(22)23-12(9-17)10-5-3-2-4-6-10/h2-8,12H,1H3. The van der Waals surface area contributed by atoms with Crippen LogP contribution >= 0.6 is 11.3 Å². The van der Waals surface area contributed by atoms with Crippen molar-refractivity contribution in [3.05, 3.63) is 68.2 Å². The predicted octanol–water partition coefficient (Wildman–Crippen LogP) is 2.01. The van der Waals surface area contributed by atoms with Gasteiger partial charge in [-0.25, -0.2) is 9.59 Å². The lowest BCUT2D eigenvalue weighted by molar-refractivity contribution is 0.124. The molecule has 7 nitrogen and oxygen atoms in total. The van der Waals surface area contributed by atoms with Crippen LogP contribution in [0.5, 0.6) is 0 Å². The largest absolute Gasteiger partial charge is 0.425 e. The molecule has 0 amide bonds. The molecule has 0 spiro atoms.